The van der Waals surface area contributed by atoms with Crippen LogP contribution in [-0.2, 0) is 16.6 Å². The highest BCUT2D eigenvalue weighted by Crippen LogP contribution is 2.22. The lowest BCUT2D eigenvalue weighted by molar-refractivity contribution is 0.595. The van der Waals surface area contributed by atoms with Crippen LogP contribution in [0.2, 0.25) is 0 Å². The number of nitrogens with zero attached hydrogens (tertiary/aromatic N) is 1. The van der Waals surface area contributed by atoms with Crippen molar-refractivity contribution >= 4 is 31.8 Å². The number of aliphatic imine (C=N–C) groups is 1. The molecule has 0 aromatic heterocycles. The number of hydrogen-bond donors (Lipinski definition) is 1. The summed E-state index contributed by atoms with van der Waals surface area (Å²) in [6.45, 7) is 0.422. The Morgan fingerprint density at radius 2 is 1.90 bits per heavy atom. The third kappa shape index (κ3) is 2.48. The minimum atomic E-state index is -3.46. The Hall–Kier alpha value is -1.66. The van der Waals surface area contributed by atoms with Crippen molar-refractivity contribution in [3.05, 3.63) is 64.1 Å². The zero-order valence-electron chi connectivity index (χ0n) is 10.4. The molecule has 20 heavy (non-hydrogen) atoms. The third-order valence-electron chi connectivity index (χ3n) is 2.97. The predicted octanol–water partition coefficient (Wildman–Crippen LogP) is 2.69. The Morgan fingerprint density at radius 1 is 1.10 bits per heavy atom. The minimum Gasteiger partial charge on any atom is -0.263 e. The molecule has 0 bridgehead atoms. The summed E-state index contributed by atoms with van der Waals surface area (Å²) in [7, 11) is -3.46. The van der Waals surface area contributed by atoms with Gasteiger partial charge >= 0.3 is 0 Å². The van der Waals surface area contributed by atoms with Gasteiger partial charge in [0, 0.05) is 10.0 Å². The van der Waals surface area contributed by atoms with Crippen molar-refractivity contribution in [2.75, 3.05) is 0 Å². The molecule has 0 saturated carbocycles. The molecule has 0 aliphatic carbocycles. The van der Waals surface area contributed by atoms with E-state index in [9.17, 15) is 8.42 Å². The van der Waals surface area contributed by atoms with Gasteiger partial charge in [0.2, 0.25) is 0 Å². The van der Waals surface area contributed by atoms with Crippen LogP contribution in [-0.4, -0.2) is 14.3 Å². The summed E-state index contributed by atoms with van der Waals surface area (Å²) in [5.74, 6) is 0.403. The van der Waals surface area contributed by atoms with Crippen LogP contribution in [0.15, 0.2) is 62.9 Å². The smallest absolute Gasteiger partial charge is 0.263 e. The van der Waals surface area contributed by atoms with E-state index in [2.05, 4.69) is 25.6 Å². The molecule has 0 radical (unpaired) electrons. The molecule has 102 valence electrons. The molecule has 1 aliphatic heterocycles. The van der Waals surface area contributed by atoms with Gasteiger partial charge in [-0.15, -0.1) is 0 Å². The molecule has 2 aromatic rings. The van der Waals surface area contributed by atoms with Crippen molar-refractivity contribution in [1.29, 1.82) is 0 Å². The topological polar surface area (TPSA) is 58.5 Å². The van der Waals surface area contributed by atoms with Crippen LogP contribution in [0.4, 0.5) is 0 Å². The Bertz CT molecular complexity index is 800. The highest BCUT2D eigenvalue weighted by molar-refractivity contribution is 9.10. The van der Waals surface area contributed by atoms with Crippen LogP contribution in [0.1, 0.15) is 11.1 Å². The van der Waals surface area contributed by atoms with Crippen molar-refractivity contribution in [3.63, 3.8) is 0 Å². The lowest BCUT2D eigenvalue weighted by Crippen LogP contribution is -2.22. The van der Waals surface area contributed by atoms with Crippen molar-refractivity contribution in [2.24, 2.45) is 4.99 Å². The predicted molar refractivity (Wildman–Crippen MR) is 81.1 cm³/mol. The zero-order chi connectivity index (χ0) is 14.2. The maximum Gasteiger partial charge on any atom is 0.263 e. The Balaban J connectivity index is 1.95. The van der Waals surface area contributed by atoms with Gasteiger partial charge in [0.25, 0.3) is 10.0 Å². The van der Waals surface area contributed by atoms with E-state index in [4.69, 9.17) is 0 Å². The second-order valence-corrected chi connectivity index (χ2v) is 6.96. The van der Waals surface area contributed by atoms with E-state index in [0.29, 0.717) is 17.9 Å². The summed E-state index contributed by atoms with van der Waals surface area (Å²) in [6.07, 6.45) is 0. The highest BCUT2D eigenvalue weighted by atomic mass is 79.9. The van der Waals surface area contributed by atoms with E-state index >= 15 is 0 Å². The molecular formula is C14H11BrN2O2S. The fraction of sp³-hybridized carbons (Fsp3) is 0.0714. The molecule has 0 fully saturated rings. The Morgan fingerprint density at radius 3 is 2.70 bits per heavy atom. The van der Waals surface area contributed by atoms with Gasteiger partial charge in [-0.2, -0.15) is 0 Å². The van der Waals surface area contributed by atoms with Crippen molar-refractivity contribution < 1.29 is 8.42 Å². The van der Waals surface area contributed by atoms with Gasteiger partial charge in [0.15, 0.2) is 0 Å². The molecule has 0 unspecified atom stereocenters. The Labute approximate surface area is 125 Å². The molecule has 0 amide bonds. The number of amidine groups is 1. The third-order valence-corrected chi connectivity index (χ3v) is 4.86. The summed E-state index contributed by atoms with van der Waals surface area (Å²) >= 11 is 3.40. The monoisotopic (exact) mass is 350 g/mol. The SMILES string of the molecule is O=S1(=O)NC(=NCc2cccc(Br)c2)c2ccccc21. The van der Waals surface area contributed by atoms with Crippen LogP contribution in [0.3, 0.4) is 0 Å². The first-order chi connectivity index (χ1) is 9.56. The molecule has 0 atom stereocenters. The number of sulfonamides is 1. The van der Waals surface area contributed by atoms with E-state index in [1.165, 1.54) is 0 Å². The number of hydrogen-bond acceptors (Lipinski definition) is 3. The van der Waals surface area contributed by atoms with Crippen molar-refractivity contribution in [1.82, 2.24) is 4.72 Å². The number of nitrogens with one attached hydrogen (secondary N) is 1. The molecule has 1 heterocycles. The zero-order valence-corrected chi connectivity index (χ0v) is 12.8. The molecule has 1 N–H and O–H groups in total. The van der Waals surface area contributed by atoms with Crippen LogP contribution in [0.25, 0.3) is 0 Å². The summed E-state index contributed by atoms with van der Waals surface area (Å²) < 4.78 is 27.3. The van der Waals surface area contributed by atoms with Crippen LogP contribution < -0.4 is 4.72 Å². The van der Waals surface area contributed by atoms with E-state index in [1.54, 1.807) is 24.3 Å². The van der Waals surface area contributed by atoms with E-state index < -0.39 is 10.0 Å². The van der Waals surface area contributed by atoms with Crippen molar-refractivity contribution in [2.45, 2.75) is 11.4 Å². The second-order valence-electron chi connectivity index (χ2n) is 4.40. The molecule has 2 aromatic carbocycles. The van der Waals surface area contributed by atoms with Crippen LogP contribution in [0.5, 0.6) is 0 Å². The molecule has 4 nitrogen and oxygen atoms in total. The Kier molecular flexibility index (Phi) is 3.35. The van der Waals surface area contributed by atoms with Gasteiger partial charge in [-0.3, -0.25) is 9.71 Å². The first kappa shape index (κ1) is 13.3. The number of halogens is 1. The molecule has 3 rings (SSSR count). The average Bonchev–Trinajstić information content (AvgIpc) is 2.69. The van der Waals surface area contributed by atoms with Crippen molar-refractivity contribution in [3.8, 4) is 0 Å². The molecular weight excluding hydrogens is 340 g/mol. The second kappa shape index (κ2) is 5.03. The summed E-state index contributed by atoms with van der Waals surface area (Å²) in [5.41, 5.74) is 1.64. The first-order valence-corrected chi connectivity index (χ1v) is 8.25. The van der Waals surface area contributed by atoms with E-state index in [-0.39, 0.29) is 4.90 Å². The average molecular weight is 351 g/mol. The minimum absolute atomic E-state index is 0.285. The van der Waals surface area contributed by atoms with Crippen LogP contribution >= 0.6 is 15.9 Å². The largest absolute Gasteiger partial charge is 0.263 e. The molecule has 6 heteroatoms. The lowest BCUT2D eigenvalue weighted by Gasteiger charge is -2.00. The van der Waals surface area contributed by atoms with Crippen LogP contribution in [0, 0.1) is 0 Å². The van der Waals surface area contributed by atoms with Gasteiger partial charge < -0.3 is 0 Å². The number of fused-ring (bicyclic) bond motifs is 1. The fourth-order valence-electron chi connectivity index (χ4n) is 2.06. The van der Waals surface area contributed by atoms with E-state index in [0.717, 1.165) is 10.0 Å². The quantitative estimate of drug-likeness (QED) is 0.905. The normalized spacial score (nSPS) is 17.8. The lowest BCUT2D eigenvalue weighted by atomic mass is 10.2. The fourth-order valence-corrected chi connectivity index (χ4v) is 3.75. The van der Waals surface area contributed by atoms with E-state index in [1.807, 2.05) is 24.3 Å². The van der Waals surface area contributed by atoms with Gasteiger partial charge in [-0.25, -0.2) is 8.42 Å². The number of benzene rings is 2. The summed E-state index contributed by atoms with van der Waals surface area (Å²) in [6, 6.07) is 14.6. The maximum atomic E-state index is 11.9. The molecule has 1 aliphatic rings. The number of rotatable bonds is 2. The van der Waals surface area contributed by atoms with Gasteiger partial charge in [0.1, 0.15) is 5.84 Å². The maximum absolute atomic E-state index is 11.9. The molecule has 0 saturated heterocycles. The standard InChI is InChI=1S/C14H11BrN2O2S/c15-11-5-3-4-10(8-11)9-16-14-12-6-1-2-7-13(12)20(18,19)17-14/h1-8H,9H2,(H,16,17). The first-order valence-electron chi connectivity index (χ1n) is 5.97. The summed E-state index contributed by atoms with van der Waals surface area (Å²) in [5, 5.41) is 0. The van der Waals surface area contributed by atoms with Gasteiger partial charge in [-0.1, -0.05) is 40.2 Å². The van der Waals surface area contributed by atoms with Gasteiger partial charge in [0.05, 0.1) is 11.4 Å². The highest BCUT2D eigenvalue weighted by Gasteiger charge is 2.29. The molecule has 0 spiro atoms. The summed E-state index contributed by atoms with van der Waals surface area (Å²) in [4.78, 5) is 4.66. The van der Waals surface area contributed by atoms with Gasteiger partial charge in [-0.05, 0) is 29.8 Å².